The maximum Gasteiger partial charge on any atom is 0.410 e. The van der Waals surface area contributed by atoms with Crippen molar-refractivity contribution in [2.75, 3.05) is 45.9 Å². The third kappa shape index (κ3) is 6.17. The molecule has 5 heterocycles. The molecule has 12 heteroatoms. The van der Waals surface area contributed by atoms with Gasteiger partial charge in [-0.25, -0.2) is 4.79 Å². The fourth-order valence-electron chi connectivity index (χ4n) is 6.39. The Kier molecular flexibility index (Phi) is 8.77. The number of hydrogen-bond donors (Lipinski definition) is 0. The van der Waals surface area contributed by atoms with Gasteiger partial charge in [-0.15, -0.1) is 0 Å². The number of cyclic esters (lactones) is 1. The summed E-state index contributed by atoms with van der Waals surface area (Å²) in [5, 5.41) is 16.5. The van der Waals surface area contributed by atoms with Gasteiger partial charge in [0.1, 0.15) is 18.7 Å². The van der Waals surface area contributed by atoms with Crippen LogP contribution in [0.4, 0.5) is 4.79 Å². The number of piperidine rings is 2. The van der Waals surface area contributed by atoms with Crippen molar-refractivity contribution < 1.29 is 23.9 Å². The molecule has 0 spiro atoms. The van der Waals surface area contributed by atoms with Crippen LogP contribution < -0.4 is 4.73 Å². The smallest absolute Gasteiger partial charge is 0.410 e. The number of pyridine rings is 1. The molecule has 0 aliphatic carbocycles. The predicted molar refractivity (Wildman–Crippen MR) is 156 cm³/mol. The molecule has 0 radical (unpaired) electrons. The minimum absolute atomic E-state index is 0.0429. The van der Waals surface area contributed by atoms with Crippen LogP contribution in [0, 0.1) is 19.1 Å². The average molecular weight is 604 g/mol. The largest absolute Gasteiger partial charge is 0.617 e. The van der Waals surface area contributed by atoms with Crippen LogP contribution in [0.5, 0.6) is 0 Å². The van der Waals surface area contributed by atoms with Crippen molar-refractivity contribution in [3.05, 3.63) is 55.6 Å². The molecule has 3 fully saturated rings. The molecule has 41 heavy (non-hydrogen) atoms. The number of halogens is 1. The van der Waals surface area contributed by atoms with Crippen molar-refractivity contribution in [3.8, 4) is 0 Å². The summed E-state index contributed by atoms with van der Waals surface area (Å²) in [5.41, 5.74) is 2.53. The van der Waals surface area contributed by atoms with Gasteiger partial charge >= 0.3 is 6.09 Å². The molecule has 222 valence electrons. The summed E-state index contributed by atoms with van der Waals surface area (Å²) >= 11 is 7.62. The summed E-state index contributed by atoms with van der Waals surface area (Å²) in [4.78, 5) is 46.6. The normalized spacial score (nSPS) is 19.9. The summed E-state index contributed by atoms with van der Waals surface area (Å²) in [7, 11) is 0. The van der Waals surface area contributed by atoms with Gasteiger partial charge in [0.05, 0.1) is 6.54 Å². The van der Waals surface area contributed by atoms with Gasteiger partial charge < -0.3 is 19.7 Å². The maximum absolute atomic E-state index is 13.4. The van der Waals surface area contributed by atoms with E-state index in [9.17, 15) is 19.6 Å². The highest BCUT2D eigenvalue weighted by atomic mass is 35.5. The third-order valence-corrected chi connectivity index (χ3v) is 10.0. The number of likely N-dealkylation sites (tertiary alicyclic amines) is 2. The Labute approximate surface area is 250 Å². The van der Waals surface area contributed by atoms with Crippen molar-refractivity contribution in [2.24, 2.45) is 0 Å². The highest BCUT2D eigenvalue weighted by Gasteiger charge is 2.41. The fraction of sp³-hybridized carbons (Fsp3) is 0.586. The maximum atomic E-state index is 13.4. The summed E-state index contributed by atoms with van der Waals surface area (Å²) in [6.07, 6.45) is 2.95. The third-order valence-electron chi connectivity index (χ3n) is 9.03. The number of ether oxygens (including phenoxy) is 1. The molecule has 0 N–H and O–H groups in total. The Morgan fingerprint density at radius 2 is 1.90 bits per heavy atom. The van der Waals surface area contributed by atoms with Crippen LogP contribution in [0.1, 0.15) is 59.8 Å². The van der Waals surface area contributed by atoms with Crippen molar-refractivity contribution in [3.63, 3.8) is 0 Å². The molecule has 0 bridgehead atoms. The van der Waals surface area contributed by atoms with Crippen LogP contribution >= 0.6 is 22.9 Å². The van der Waals surface area contributed by atoms with Crippen LogP contribution in [-0.2, 0) is 16.1 Å². The molecular weight excluding hydrogens is 566 g/mol. The Morgan fingerprint density at radius 3 is 2.51 bits per heavy atom. The van der Waals surface area contributed by atoms with E-state index in [0.717, 1.165) is 44.3 Å². The minimum Gasteiger partial charge on any atom is -0.617 e. The number of rotatable bonds is 7. The van der Waals surface area contributed by atoms with Gasteiger partial charge in [-0.1, -0.05) is 0 Å². The topological polar surface area (TPSA) is 100 Å². The second-order valence-corrected chi connectivity index (χ2v) is 12.8. The number of amides is 3. The Hall–Kier alpha value is -2.89. The van der Waals surface area contributed by atoms with Crippen LogP contribution in [0.15, 0.2) is 22.9 Å². The van der Waals surface area contributed by atoms with Gasteiger partial charge in [-0.05, 0) is 79.1 Å². The molecule has 0 atom stereocenters. The lowest BCUT2D eigenvalue weighted by atomic mass is 9.85. The number of aryl methyl sites for hydroxylation is 1. The highest BCUT2D eigenvalue weighted by molar-refractivity contribution is 7.07. The molecule has 5 rings (SSSR count). The quantitative estimate of drug-likeness (QED) is 0.272. The first kappa shape index (κ1) is 29.6. The summed E-state index contributed by atoms with van der Waals surface area (Å²) in [6, 6.07) is 3.69. The monoisotopic (exact) mass is 603 g/mol. The first-order valence-electron chi connectivity index (χ1n) is 14.2. The number of hydrogen-bond acceptors (Lipinski definition) is 7. The zero-order chi connectivity index (χ0) is 29.3. The number of aromatic nitrogens is 1. The lowest BCUT2D eigenvalue weighted by Crippen LogP contribution is -2.58. The molecule has 3 amide bonds. The van der Waals surface area contributed by atoms with E-state index in [4.69, 9.17) is 16.3 Å². The Bertz CT molecular complexity index is 1290. The van der Waals surface area contributed by atoms with Crippen LogP contribution in [0.2, 0.25) is 5.15 Å². The number of nitrogens with zero attached hydrogens (tertiary/aromatic N) is 5. The average Bonchev–Trinajstić information content (AvgIpc) is 3.62. The molecule has 2 aromatic rings. The van der Waals surface area contributed by atoms with E-state index in [0.29, 0.717) is 54.3 Å². The van der Waals surface area contributed by atoms with Gasteiger partial charge in [0.15, 0.2) is 0 Å². The molecule has 3 saturated heterocycles. The molecule has 3 aliphatic rings. The standard InChI is InChI=1S/C29H38ClN5O5S/c1-20-16-24(30)35(39)21(2)26(20)27(37)31-11-7-29(3,8-12-31)33-9-4-23(5-10-33)34(17-22-6-15-41-19-22)25(36)18-32-13-14-40-28(32)38/h6,15-16,19,23H,4-5,7-14,17-18H2,1-3H3. The Balaban J connectivity index is 1.20. The second-order valence-electron chi connectivity index (χ2n) is 11.6. The SMILES string of the molecule is Cc1cc(Cl)[n+]([O-])c(C)c1C(=O)N1CCC(C)(N2CCC(N(Cc3ccsc3)C(=O)CN3CCOC3=O)CC2)CC1. The van der Waals surface area contributed by atoms with E-state index in [1.54, 1.807) is 24.3 Å². The Morgan fingerprint density at radius 1 is 1.20 bits per heavy atom. The lowest BCUT2D eigenvalue weighted by Gasteiger charge is -2.50. The van der Waals surface area contributed by atoms with E-state index in [-0.39, 0.29) is 35.1 Å². The molecule has 0 saturated carbocycles. The van der Waals surface area contributed by atoms with Gasteiger partial charge in [0.25, 0.3) is 11.1 Å². The molecule has 10 nitrogen and oxygen atoms in total. The molecule has 0 unspecified atom stereocenters. The first-order chi connectivity index (χ1) is 19.6. The van der Waals surface area contributed by atoms with Crippen LogP contribution in [0.25, 0.3) is 0 Å². The van der Waals surface area contributed by atoms with Crippen molar-refractivity contribution in [2.45, 2.75) is 64.6 Å². The molecular formula is C29H38ClN5O5S. The van der Waals surface area contributed by atoms with Crippen LogP contribution in [0.3, 0.4) is 0 Å². The summed E-state index contributed by atoms with van der Waals surface area (Å²) in [5.74, 6) is -0.162. The molecule has 2 aromatic heterocycles. The molecule has 3 aliphatic heterocycles. The van der Waals surface area contributed by atoms with Gasteiger partial charge in [0.2, 0.25) is 11.6 Å². The molecule has 0 aromatic carbocycles. The number of carbonyl (C=O) groups is 3. The summed E-state index contributed by atoms with van der Waals surface area (Å²) in [6.45, 7) is 10.0. The van der Waals surface area contributed by atoms with E-state index in [1.165, 1.54) is 4.90 Å². The second kappa shape index (κ2) is 12.1. The fourth-order valence-corrected chi connectivity index (χ4v) is 7.34. The predicted octanol–water partition coefficient (Wildman–Crippen LogP) is 3.59. The van der Waals surface area contributed by atoms with Crippen molar-refractivity contribution in [1.82, 2.24) is 19.6 Å². The van der Waals surface area contributed by atoms with E-state index in [2.05, 4.69) is 17.2 Å². The van der Waals surface area contributed by atoms with Gasteiger partial charge in [-0.2, -0.15) is 16.1 Å². The summed E-state index contributed by atoms with van der Waals surface area (Å²) < 4.78 is 5.64. The highest BCUT2D eigenvalue weighted by Crippen LogP contribution is 2.33. The minimum atomic E-state index is -0.421. The first-order valence-corrected chi connectivity index (χ1v) is 15.6. The zero-order valence-corrected chi connectivity index (χ0v) is 25.5. The van der Waals surface area contributed by atoms with Crippen molar-refractivity contribution in [1.29, 1.82) is 0 Å². The van der Waals surface area contributed by atoms with Crippen molar-refractivity contribution >= 4 is 40.8 Å². The van der Waals surface area contributed by atoms with Gasteiger partial charge in [0, 0.05) is 57.3 Å². The van der Waals surface area contributed by atoms with Crippen LogP contribution in [-0.4, -0.2) is 95.0 Å². The number of carbonyl (C=O) groups excluding carboxylic acids is 3. The van der Waals surface area contributed by atoms with E-state index < -0.39 is 6.09 Å². The lowest BCUT2D eigenvalue weighted by molar-refractivity contribution is -0.610. The van der Waals surface area contributed by atoms with E-state index in [1.807, 2.05) is 28.2 Å². The van der Waals surface area contributed by atoms with E-state index >= 15 is 0 Å². The zero-order valence-electron chi connectivity index (χ0n) is 23.9. The number of thiophene rings is 1. The van der Waals surface area contributed by atoms with Gasteiger partial charge in [-0.3, -0.25) is 19.4 Å².